The molecule has 5 nitrogen and oxygen atoms in total. The molecule has 0 fully saturated rings. The molecule has 0 saturated heterocycles. The fourth-order valence-electron chi connectivity index (χ4n) is 1.57. The molecule has 0 aliphatic heterocycles. The summed E-state index contributed by atoms with van der Waals surface area (Å²) in [6.45, 7) is 1.74. The van der Waals surface area contributed by atoms with Crippen LogP contribution in [0.4, 0.5) is 4.39 Å². The second-order valence-electron chi connectivity index (χ2n) is 4.06. The van der Waals surface area contributed by atoms with Crippen LogP contribution in [0.15, 0.2) is 21.5 Å². The van der Waals surface area contributed by atoms with Crippen LogP contribution in [0.3, 0.4) is 0 Å². The SMILES string of the molecule is COCC(C)NS(=O)(=O)c1cc(Br)cc(CN)c1F. The molecule has 1 rings (SSSR count). The Hall–Kier alpha value is -0.540. The van der Waals surface area contributed by atoms with Crippen LogP contribution in [0.2, 0.25) is 0 Å². The Kier molecular flexibility index (Phi) is 5.87. The van der Waals surface area contributed by atoms with Gasteiger partial charge in [0, 0.05) is 29.7 Å². The normalized spacial score (nSPS) is 13.5. The lowest BCUT2D eigenvalue weighted by Gasteiger charge is -2.15. The summed E-state index contributed by atoms with van der Waals surface area (Å²) in [4.78, 5) is -0.426. The van der Waals surface area contributed by atoms with Crippen LogP contribution in [0, 0.1) is 5.82 Å². The zero-order chi connectivity index (χ0) is 14.6. The Morgan fingerprint density at radius 1 is 1.53 bits per heavy atom. The van der Waals surface area contributed by atoms with Gasteiger partial charge in [-0.3, -0.25) is 0 Å². The van der Waals surface area contributed by atoms with E-state index in [9.17, 15) is 12.8 Å². The largest absolute Gasteiger partial charge is 0.383 e. The van der Waals surface area contributed by atoms with E-state index < -0.39 is 26.8 Å². The van der Waals surface area contributed by atoms with E-state index in [0.29, 0.717) is 4.47 Å². The Morgan fingerprint density at radius 3 is 2.68 bits per heavy atom. The molecule has 3 N–H and O–H groups in total. The topological polar surface area (TPSA) is 81.4 Å². The molecule has 0 spiro atoms. The highest BCUT2D eigenvalue weighted by Gasteiger charge is 2.23. The van der Waals surface area contributed by atoms with Crippen LogP contribution >= 0.6 is 15.9 Å². The Morgan fingerprint density at radius 2 is 2.16 bits per heavy atom. The van der Waals surface area contributed by atoms with E-state index in [1.807, 2.05) is 0 Å². The van der Waals surface area contributed by atoms with E-state index >= 15 is 0 Å². The molecule has 0 saturated carbocycles. The summed E-state index contributed by atoms with van der Waals surface area (Å²) >= 11 is 3.14. The monoisotopic (exact) mass is 354 g/mol. The molecule has 108 valence electrons. The van der Waals surface area contributed by atoms with E-state index in [0.717, 1.165) is 0 Å². The van der Waals surface area contributed by atoms with Crippen molar-refractivity contribution in [3.8, 4) is 0 Å². The highest BCUT2D eigenvalue weighted by Crippen LogP contribution is 2.24. The van der Waals surface area contributed by atoms with Crippen LogP contribution in [0.1, 0.15) is 12.5 Å². The first-order chi connectivity index (χ1) is 8.81. The van der Waals surface area contributed by atoms with Crippen molar-refractivity contribution in [2.75, 3.05) is 13.7 Å². The van der Waals surface area contributed by atoms with Crippen LogP contribution in [0.25, 0.3) is 0 Å². The number of rotatable bonds is 6. The van der Waals surface area contributed by atoms with Crippen molar-refractivity contribution in [2.24, 2.45) is 5.73 Å². The molecule has 1 aromatic rings. The molecule has 0 radical (unpaired) electrons. The summed E-state index contributed by atoms with van der Waals surface area (Å²) in [6.07, 6.45) is 0. The van der Waals surface area contributed by atoms with Crippen molar-refractivity contribution in [2.45, 2.75) is 24.4 Å². The van der Waals surface area contributed by atoms with E-state index in [2.05, 4.69) is 20.7 Å². The average Bonchev–Trinajstić information content (AvgIpc) is 2.31. The molecule has 1 aromatic carbocycles. The second-order valence-corrected chi connectivity index (χ2v) is 6.66. The lowest BCUT2D eigenvalue weighted by molar-refractivity contribution is 0.180. The number of methoxy groups -OCH3 is 1. The summed E-state index contributed by atoms with van der Waals surface area (Å²) in [5.74, 6) is -0.831. The van der Waals surface area contributed by atoms with Gasteiger partial charge in [-0.1, -0.05) is 15.9 Å². The van der Waals surface area contributed by atoms with Crippen molar-refractivity contribution in [3.63, 3.8) is 0 Å². The van der Waals surface area contributed by atoms with Crippen LogP contribution < -0.4 is 10.5 Å². The molecule has 1 unspecified atom stereocenters. The number of nitrogens with one attached hydrogen (secondary N) is 1. The number of ether oxygens (including phenoxy) is 1. The molecular formula is C11H16BrFN2O3S. The van der Waals surface area contributed by atoms with Gasteiger partial charge < -0.3 is 10.5 Å². The molecule has 1 atom stereocenters. The molecule has 0 aromatic heterocycles. The van der Waals surface area contributed by atoms with Crippen molar-refractivity contribution in [3.05, 3.63) is 28.0 Å². The van der Waals surface area contributed by atoms with E-state index in [4.69, 9.17) is 10.5 Å². The van der Waals surface area contributed by atoms with E-state index in [1.54, 1.807) is 6.92 Å². The van der Waals surface area contributed by atoms with Gasteiger partial charge in [-0.15, -0.1) is 0 Å². The summed E-state index contributed by atoms with van der Waals surface area (Å²) in [7, 11) is -2.50. The third-order valence-corrected chi connectivity index (χ3v) is 4.41. The van der Waals surface area contributed by atoms with Crippen molar-refractivity contribution in [1.29, 1.82) is 0 Å². The first kappa shape index (κ1) is 16.5. The van der Waals surface area contributed by atoms with Gasteiger partial charge in [0.15, 0.2) is 0 Å². The van der Waals surface area contributed by atoms with Gasteiger partial charge in [-0.2, -0.15) is 0 Å². The number of halogens is 2. The molecule has 19 heavy (non-hydrogen) atoms. The van der Waals surface area contributed by atoms with Gasteiger partial charge in [-0.25, -0.2) is 17.5 Å². The standard InChI is InChI=1S/C11H16BrFN2O3S/c1-7(6-18-2)15-19(16,17)10-4-9(12)3-8(5-14)11(10)13/h3-4,7,15H,5-6,14H2,1-2H3. The lowest BCUT2D eigenvalue weighted by Crippen LogP contribution is -2.36. The predicted molar refractivity (Wildman–Crippen MR) is 73.7 cm³/mol. The molecule has 0 aliphatic rings. The fourth-order valence-corrected chi connectivity index (χ4v) is 3.61. The Balaban J connectivity index is 3.18. The van der Waals surface area contributed by atoms with Gasteiger partial charge in [0.1, 0.15) is 10.7 Å². The number of hydrogen-bond donors (Lipinski definition) is 2. The maximum Gasteiger partial charge on any atom is 0.243 e. The zero-order valence-electron chi connectivity index (χ0n) is 10.6. The minimum Gasteiger partial charge on any atom is -0.383 e. The minimum atomic E-state index is -3.96. The van der Waals surface area contributed by atoms with Crippen molar-refractivity contribution < 1.29 is 17.5 Å². The third kappa shape index (κ3) is 4.22. The second kappa shape index (κ2) is 6.76. The highest BCUT2D eigenvalue weighted by atomic mass is 79.9. The van der Waals surface area contributed by atoms with Gasteiger partial charge in [0.2, 0.25) is 10.0 Å². The van der Waals surface area contributed by atoms with Gasteiger partial charge in [0.25, 0.3) is 0 Å². The molecule has 0 aliphatic carbocycles. The lowest BCUT2D eigenvalue weighted by atomic mass is 10.2. The minimum absolute atomic E-state index is 0.0819. The van der Waals surface area contributed by atoms with Crippen LogP contribution in [-0.4, -0.2) is 28.2 Å². The van der Waals surface area contributed by atoms with E-state index in [1.165, 1.54) is 19.2 Å². The van der Waals surface area contributed by atoms with Crippen molar-refractivity contribution in [1.82, 2.24) is 4.72 Å². The van der Waals surface area contributed by atoms with Crippen molar-refractivity contribution >= 4 is 26.0 Å². The number of sulfonamides is 1. The van der Waals surface area contributed by atoms with Gasteiger partial charge >= 0.3 is 0 Å². The summed E-state index contributed by atoms with van der Waals surface area (Å²) in [6, 6.07) is 2.19. The molecular weight excluding hydrogens is 339 g/mol. The van der Waals surface area contributed by atoms with Gasteiger partial charge in [0.05, 0.1) is 6.61 Å². The highest BCUT2D eigenvalue weighted by molar-refractivity contribution is 9.10. The first-order valence-corrected chi connectivity index (χ1v) is 7.78. The molecule has 8 heteroatoms. The summed E-state index contributed by atoms with van der Waals surface area (Å²) in [5.41, 5.74) is 5.52. The molecule has 0 bridgehead atoms. The maximum absolute atomic E-state index is 14.0. The summed E-state index contributed by atoms with van der Waals surface area (Å²) in [5, 5.41) is 0. The Bertz CT molecular complexity index is 551. The smallest absolute Gasteiger partial charge is 0.243 e. The quantitative estimate of drug-likeness (QED) is 0.808. The number of hydrogen-bond acceptors (Lipinski definition) is 4. The van der Waals surface area contributed by atoms with Crippen LogP contribution in [0.5, 0.6) is 0 Å². The predicted octanol–water partition coefficient (Wildman–Crippen LogP) is 1.36. The third-order valence-electron chi connectivity index (χ3n) is 2.36. The maximum atomic E-state index is 14.0. The molecule has 0 amide bonds. The Labute approximate surface area is 120 Å². The first-order valence-electron chi connectivity index (χ1n) is 5.51. The van der Waals surface area contributed by atoms with Gasteiger partial charge in [-0.05, 0) is 19.1 Å². The summed E-state index contributed by atoms with van der Waals surface area (Å²) < 4.78 is 45.8. The average molecular weight is 355 g/mol. The van der Waals surface area contributed by atoms with E-state index in [-0.39, 0.29) is 18.7 Å². The van der Waals surface area contributed by atoms with Crippen LogP contribution in [-0.2, 0) is 21.3 Å². The number of benzene rings is 1. The number of nitrogens with two attached hydrogens (primary N) is 1. The molecule has 0 heterocycles. The zero-order valence-corrected chi connectivity index (χ0v) is 13.0. The fraction of sp³-hybridized carbons (Fsp3) is 0.455.